The van der Waals surface area contributed by atoms with Crippen LogP contribution in [0.2, 0.25) is 0 Å². The quantitative estimate of drug-likeness (QED) is 0.643. The Labute approximate surface area is 127 Å². The zero-order chi connectivity index (χ0) is 14.5. The molecule has 20 heavy (non-hydrogen) atoms. The standard InChI is InChI=1S/C15H18BrN3O/c1-10(2)13-8-12(16)5-6-14(13)20-9-11-4-3-7-18-15(11)19-17/h3-8,10H,9,17H2,1-2H3,(H,18,19). The molecule has 0 aliphatic carbocycles. The van der Waals surface area contributed by atoms with E-state index in [0.717, 1.165) is 15.8 Å². The third kappa shape index (κ3) is 3.49. The Hall–Kier alpha value is -1.59. The zero-order valence-electron chi connectivity index (χ0n) is 11.6. The number of halogens is 1. The Balaban J connectivity index is 2.19. The molecule has 3 N–H and O–H groups in total. The van der Waals surface area contributed by atoms with E-state index in [-0.39, 0.29) is 0 Å². The van der Waals surface area contributed by atoms with Crippen LogP contribution in [0.15, 0.2) is 41.0 Å². The molecule has 1 aromatic heterocycles. The summed E-state index contributed by atoms with van der Waals surface area (Å²) in [5.41, 5.74) is 4.68. The molecule has 0 unspecified atom stereocenters. The van der Waals surface area contributed by atoms with Gasteiger partial charge in [0.15, 0.2) is 0 Å². The lowest BCUT2D eigenvalue weighted by atomic mass is 10.0. The van der Waals surface area contributed by atoms with Crippen LogP contribution in [0.4, 0.5) is 5.82 Å². The summed E-state index contributed by atoms with van der Waals surface area (Å²) >= 11 is 3.49. The van der Waals surface area contributed by atoms with E-state index in [1.165, 1.54) is 5.56 Å². The number of nitrogens with two attached hydrogens (primary N) is 1. The molecule has 0 atom stereocenters. The van der Waals surface area contributed by atoms with Crippen LogP contribution in [-0.2, 0) is 6.61 Å². The Kier molecular flexibility index (Phi) is 4.98. The molecule has 1 aromatic carbocycles. The lowest BCUT2D eigenvalue weighted by molar-refractivity contribution is 0.302. The monoisotopic (exact) mass is 335 g/mol. The third-order valence-corrected chi connectivity index (χ3v) is 3.50. The van der Waals surface area contributed by atoms with Gasteiger partial charge in [0.25, 0.3) is 0 Å². The van der Waals surface area contributed by atoms with E-state index >= 15 is 0 Å². The maximum Gasteiger partial charge on any atom is 0.146 e. The molecule has 1 heterocycles. The van der Waals surface area contributed by atoms with E-state index in [1.54, 1.807) is 6.20 Å². The van der Waals surface area contributed by atoms with Gasteiger partial charge >= 0.3 is 0 Å². The van der Waals surface area contributed by atoms with E-state index in [0.29, 0.717) is 18.3 Å². The van der Waals surface area contributed by atoms with Gasteiger partial charge in [0.2, 0.25) is 0 Å². The van der Waals surface area contributed by atoms with Gasteiger partial charge in [0.05, 0.1) is 0 Å². The Bertz CT molecular complexity index is 587. The van der Waals surface area contributed by atoms with Crippen molar-refractivity contribution in [3.05, 3.63) is 52.1 Å². The minimum absolute atomic E-state index is 0.392. The molecule has 0 fully saturated rings. The summed E-state index contributed by atoms with van der Waals surface area (Å²) in [4.78, 5) is 4.16. The molecule has 0 bridgehead atoms. The van der Waals surface area contributed by atoms with Crippen molar-refractivity contribution < 1.29 is 4.74 Å². The van der Waals surface area contributed by atoms with Gasteiger partial charge in [0.1, 0.15) is 18.2 Å². The van der Waals surface area contributed by atoms with Crippen LogP contribution < -0.4 is 16.0 Å². The predicted molar refractivity (Wildman–Crippen MR) is 84.6 cm³/mol. The van der Waals surface area contributed by atoms with E-state index < -0.39 is 0 Å². The van der Waals surface area contributed by atoms with Gasteiger partial charge in [-0.05, 0) is 35.7 Å². The number of pyridine rings is 1. The minimum atomic E-state index is 0.392. The number of nitrogens with one attached hydrogen (secondary N) is 1. The van der Waals surface area contributed by atoms with Gasteiger partial charge < -0.3 is 10.2 Å². The van der Waals surface area contributed by atoms with Crippen molar-refractivity contribution in [2.24, 2.45) is 5.84 Å². The second kappa shape index (κ2) is 6.72. The summed E-state index contributed by atoms with van der Waals surface area (Å²) in [6.45, 7) is 4.71. The second-order valence-electron chi connectivity index (χ2n) is 4.78. The van der Waals surface area contributed by atoms with E-state index in [1.807, 2.05) is 24.3 Å². The Morgan fingerprint density at radius 1 is 1.35 bits per heavy atom. The van der Waals surface area contributed by atoms with Crippen molar-refractivity contribution in [2.75, 3.05) is 5.43 Å². The van der Waals surface area contributed by atoms with E-state index in [9.17, 15) is 0 Å². The van der Waals surface area contributed by atoms with Gasteiger partial charge in [-0.2, -0.15) is 0 Å². The highest BCUT2D eigenvalue weighted by Gasteiger charge is 2.10. The zero-order valence-corrected chi connectivity index (χ0v) is 13.1. The smallest absolute Gasteiger partial charge is 0.146 e. The Morgan fingerprint density at radius 2 is 2.15 bits per heavy atom. The molecule has 2 aromatic rings. The first-order valence-corrected chi connectivity index (χ1v) is 7.24. The fraction of sp³-hybridized carbons (Fsp3) is 0.267. The van der Waals surface area contributed by atoms with Gasteiger partial charge in [0, 0.05) is 16.2 Å². The van der Waals surface area contributed by atoms with Gasteiger partial charge in [-0.1, -0.05) is 35.8 Å². The molecule has 5 heteroatoms. The fourth-order valence-corrected chi connectivity index (χ4v) is 2.32. The number of aromatic nitrogens is 1. The first kappa shape index (κ1) is 14.8. The maximum absolute atomic E-state index is 5.93. The van der Waals surface area contributed by atoms with Crippen LogP contribution in [0, 0.1) is 0 Å². The van der Waals surface area contributed by atoms with Crippen molar-refractivity contribution in [3.63, 3.8) is 0 Å². The van der Waals surface area contributed by atoms with Crippen LogP contribution in [0.5, 0.6) is 5.75 Å². The minimum Gasteiger partial charge on any atom is -0.488 e. The number of hydrogen-bond acceptors (Lipinski definition) is 4. The number of benzene rings is 1. The largest absolute Gasteiger partial charge is 0.488 e. The lowest BCUT2D eigenvalue weighted by Gasteiger charge is -2.15. The highest BCUT2D eigenvalue weighted by Crippen LogP contribution is 2.30. The lowest BCUT2D eigenvalue weighted by Crippen LogP contribution is -2.12. The number of rotatable bonds is 5. The van der Waals surface area contributed by atoms with Crippen LogP contribution in [0.25, 0.3) is 0 Å². The molecular formula is C15H18BrN3O. The molecule has 0 spiro atoms. The number of nitrogen functional groups attached to an aromatic ring is 1. The molecule has 0 saturated heterocycles. The average Bonchev–Trinajstić information content (AvgIpc) is 2.46. The van der Waals surface area contributed by atoms with Gasteiger partial charge in [-0.25, -0.2) is 10.8 Å². The van der Waals surface area contributed by atoms with Crippen molar-refractivity contribution in [2.45, 2.75) is 26.4 Å². The predicted octanol–water partition coefficient (Wildman–Crippen LogP) is 3.83. The van der Waals surface area contributed by atoms with E-state index in [2.05, 4.69) is 46.3 Å². The number of nitrogens with zero attached hydrogens (tertiary/aromatic N) is 1. The summed E-state index contributed by atoms with van der Waals surface area (Å²) in [6.07, 6.45) is 1.69. The van der Waals surface area contributed by atoms with Gasteiger partial charge in [-0.15, -0.1) is 0 Å². The topological polar surface area (TPSA) is 60.2 Å². The third-order valence-electron chi connectivity index (χ3n) is 3.01. The van der Waals surface area contributed by atoms with Crippen molar-refractivity contribution in [3.8, 4) is 5.75 Å². The second-order valence-corrected chi connectivity index (χ2v) is 5.70. The Morgan fingerprint density at radius 3 is 2.85 bits per heavy atom. The van der Waals surface area contributed by atoms with Crippen LogP contribution in [-0.4, -0.2) is 4.98 Å². The maximum atomic E-state index is 5.93. The molecule has 106 valence electrons. The highest BCUT2D eigenvalue weighted by atomic mass is 79.9. The molecule has 4 nitrogen and oxygen atoms in total. The van der Waals surface area contributed by atoms with Crippen LogP contribution >= 0.6 is 15.9 Å². The normalized spacial score (nSPS) is 10.7. The summed E-state index contributed by atoms with van der Waals surface area (Å²) in [7, 11) is 0. The van der Waals surface area contributed by atoms with Crippen molar-refractivity contribution in [1.29, 1.82) is 0 Å². The average molecular weight is 336 g/mol. The summed E-state index contributed by atoms with van der Waals surface area (Å²) in [5.74, 6) is 7.35. The first-order valence-electron chi connectivity index (χ1n) is 6.44. The summed E-state index contributed by atoms with van der Waals surface area (Å²) in [6, 6.07) is 9.85. The molecule has 0 aliphatic heterocycles. The summed E-state index contributed by atoms with van der Waals surface area (Å²) < 4.78 is 6.98. The molecule has 0 saturated carbocycles. The van der Waals surface area contributed by atoms with Gasteiger partial charge in [-0.3, -0.25) is 0 Å². The highest BCUT2D eigenvalue weighted by molar-refractivity contribution is 9.10. The number of ether oxygens (including phenoxy) is 1. The summed E-state index contributed by atoms with van der Waals surface area (Å²) in [5, 5.41) is 0. The SMILES string of the molecule is CC(C)c1cc(Br)ccc1OCc1cccnc1NN. The van der Waals surface area contributed by atoms with Crippen LogP contribution in [0.1, 0.15) is 30.9 Å². The molecule has 0 aliphatic rings. The molecular weight excluding hydrogens is 318 g/mol. The number of hydrogen-bond donors (Lipinski definition) is 2. The van der Waals surface area contributed by atoms with Crippen molar-refractivity contribution >= 4 is 21.7 Å². The first-order chi connectivity index (χ1) is 9.61. The number of hydrazine groups is 1. The van der Waals surface area contributed by atoms with Crippen LogP contribution in [0.3, 0.4) is 0 Å². The van der Waals surface area contributed by atoms with Crippen molar-refractivity contribution in [1.82, 2.24) is 4.98 Å². The van der Waals surface area contributed by atoms with E-state index in [4.69, 9.17) is 10.6 Å². The molecule has 0 radical (unpaired) electrons. The molecule has 0 amide bonds. The fourth-order valence-electron chi connectivity index (χ4n) is 1.94. The molecule has 2 rings (SSSR count). The number of anilines is 1.